The molecule has 100 valence electrons. The van der Waals surface area contributed by atoms with E-state index >= 15 is 0 Å². The summed E-state index contributed by atoms with van der Waals surface area (Å²) in [4.78, 5) is 7.41. The monoisotopic (exact) mass is 381 g/mol. The molecule has 0 bridgehead atoms. The van der Waals surface area contributed by atoms with Crippen LogP contribution in [-0.4, -0.2) is 18.4 Å². The van der Waals surface area contributed by atoms with Crippen LogP contribution in [0.15, 0.2) is 40.0 Å². The molecule has 5 nitrogen and oxygen atoms in total. The maximum Gasteiger partial charge on any atom is 0.262 e. The molecule has 0 aliphatic carbocycles. The standard InChI is InChI=1S/C10H6BrCl2N3O2S/c11-6-1-3-7(4-2-6)19(17,18)16-8-9(12)14-5-15-10(8)13/h1-5,16H. The number of sulfonamides is 1. The lowest BCUT2D eigenvalue weighted by Crippen LogP contribution is -2.14. The minimum Gasteiger partial charge on any atom is -0.274 e. The van der Waals surface area contributed by atoms with E-state index in [1.54, 1.807) is 12.1 Å². The average Bonchev–Trinajstić information content (AvgIpc) is 2.35. The van der Waals surface area contributed by atoms with Gasteiger partial charge in [0.15, 0.2) is 10.3 Å². The Morgan fingerprint density at radius 2 is 1.58 bits per heavy atom. The molecule has 0 amide bonds. The van der Waals surface area contributed by atoms with Crippen molar-refractivity contribution in [1.82, 2.24) is 9.97 Å². The van der Waals surface area contributed by atoms with E-state index in [4.69, 9.17) is 23.2 Å². The molecular weight excluding hydrogens is 377 g/mol. The summed E-state index contributed by atoms with van der Waals surface area (Å²) in [6, 6.07) is 6.11. The highest BCUT2D eigenvalue weighted by molar-refractivity contribution is 9.10. The molecule has 0 radical (unpaired) electrons. The molecule has 2 rings (SSSR count). The van der Waals surface area contributed by atoms with Gasteiger partial charge in [-0.2, -0.15) is 0 Å². The smallest absolute Gasteiger partial charge is 0.262 e. The largest absolute Gasteiger partial charge is 0.274 e. The van der Waals surface area contributed by atoms with Crippen LogP contribution in [0.4, 0.5) is 5.69 Å². The lowest BCUT2D eigenvalue weighted by atomic mass is 10.4. The zero-order chi connectivity index (χ0) is 14.0. The predicted octanol–water partition coefficient (Wildman–Crippen LogP) is 3.35. The first-order valence-corrected chi connectivity index (χ1v) is 7.88. The van der Waals surface area contributed by atoms with Crippen LogP contribution in [-0.2, 0) is 10.0 Å². The zero-order valence-corrected chi connectivity index (χ0v) is 13.1. The van der Waals surface area contributed by atoms with Crippen LogP contribution in [0.5, 0.6) is 0 Å². The normalized spacial score (nSPS) is 11.3. The first kappa shape index (κ1) is 14.5. The summed E-state index contributed by atoms with van der Waals surface area (Å²) in [6.45, 7) is 0. The molecule has 0 spiro atoms. The SMILES string of the molecule is O=S(=O)(Nc1c(Cl)ncnc1Cl)c1ccc(Br)cc1. The van der Waals surface area contributed by atoms with Gasteiger partial charge in [-0.15, -0.1) is 0 Å². The molecule has 1 aromatic heterocycles. The van der Waals surface area contributed by atoms with Gasteiger partial charge in [0.05, 0.1) is 4.90 Å². The Balaban J connectivity index is 2.39. The minimum absolute atomic E-state index is 0.0475. The number of benzene rings is 1. The summed E-state index contributed by atoms with van der Waals surface area (Å²) >= 11 is 14.8. The van der Waals surface area contributed by atoms with Crippen molar-refractivity contribution in [3.63, 3.8) is 0 Å². The minimum atomic E-state index is -3.79. The topological polar surface area (TPSA) is 72.0 Å². The number of nitrogens with one attached hydrogen (secondary N) is 1. The van der Waals surface area contributed by atoms with E-state index in [0.29, 0.717) is 0 Å². The Morgan fingerprint density at radius 3 is 2.11 bits per heavy atom. The summed E-state index contributed by atoms with van der Waals surface area (Å²) in [5.41, 5.74) is -0.0475. The van der Waals surface area contributed by atoms with Gasteiger partial charge in [-0.1, -0.05) is 39.1 Å². The van der Waals surface area contributed by atoms with Crippen LogP contribution in [0.2, 0.25) is 10.3 Å². The van der Waals surface area contributed by atoms with Crippen LogP contribution in [0, 0.1) is 0 Å². The first-order valence-electron chi connectivity index (χ1n) is 4.84. The molecule has 19 heavy (non-hydrogen) atoms. The molecule has 9 heteroatoms. The van der Waals surface area contributed by atoms with Crippen LogP contribution >= 0.6 is 39.1 Å². The Labute approximate surface area is 128 Å². The number of hydrogen-bond donors (Lipinski definition) is 1. The van der Waals surface area contributed by atoms with Gasteiger partial charge in [0.25, 0.3) is 10.0 Å². The van der Waals surface area contributed by atoms with Gasteiger partial charge in [-0.05, 0) is 24.3 Å². The van der Waals surface area contributed by atoms with E-state index in [1.807, 2.05) is 0 Å². The van der Waals surface area contributed by atoms with Crippen LogP contribution in [0.3, 0.4) is 0 Å². The number of hydrogen-bond acceptors (Lipinski definition) is 4. The van der Waals surface area contributed by atoms with Crippen molar-refractivity contribution in [2.45, 2.75) is 4.90 Å². The van der Waals surface area contributed by atoms with Crippen molar-refractivity contribution in [1.29, 1.82) is 0 Å². The maximum atomic E-state index is 12.1. The summed E-state index contributed by atoms with van der Waals surface area (Å²) < 4.78 is 27.3. The van der Waals surface area contributed by atoms with E-state index in [2.05, 4.69) is 30.6 Å². The molecule has 0 saturated carbocycles. The van der Waals surface area contributed by atoms with Crippen molar-refractivity contribution >= 4 is 54.8 Å². The average molecular weight is 383 g/mol. The Hall–Kier alpha value is -0.890. The van der Waals surface area contributed by atoms with Crippen LogP contribution in [0.1, 0.15) is 0 Å². The molecule has 0 atom stereocenters. The number of nitrogens with zero attached hydrogens (tertiary/aromatic N) is 2. The Kier molecular flexibility index (Phi) is 4.29. The first-order chi connectivity index (χ1) is 8.90. The van der Waals surface area contributed by atoms with Crippen LogP contribution < -0.4 is 4.72 Å². The third kappa shape index (κ3) is 3.36. The van der Waals surface area contributed by atoms with E-state index in [1.165, 1.54) is 12.1 Å². The summed E-state index contributed by atoms with van der Waals surface area (Å²) in [6.07, 6.45) is 1.14. The highest BCUT2D eigenvalue weighted by Crippen LogP contribution is 2.28. The van der Waals surface area contributed by atoms with Crippen LogP contribution in [0.25, 0.3) is 0 Å². The van der Waals surface area contributed by atoms with Crippen molar-refractivity contribution < 1.29 is 8.42 Å². The van der Waals surface area contributed by atoms with Gasteiger partial charge < -0.3 is 0 Å². The maximum absolute atomic E-state index is 12.1. The molecule has 0 aliphatic heterocycles. The van der Waals surface area contributed by atoms with Gasteiger partial charge in [0, 0.05) is 4.47 Å². The van der Waals surface area contributed by atoms with E-state index in [0.717, 1.165) is 10.8 Å². The van der Waals surface area contributed by atoms with Crippen molar-refractivity contribution in [3.8, 4) is 0 Å². The van der Waals surface area contributed by atoms with Crippen molar-refractivity contribution in [2.75, 3.05) is 4.72 Å². The Morgan fingerprint density at radius 1 is 1.05 bits per heavy atom. The number of aromatic nitrogens is 2. The highest BCUT2D eigenvalue weighted by Gasteiger charge is 2.18. The third-order valence-electron chi connectivity index (χ3n) is 2.12. The lowest BCUT2D eigenvalue weighted by molar-refractivity contribution is 0.601. The summed E-state index contributed by atoms with van der Waals surface area (Å²) in [5, 5.41) is -0.138. The fraction of sp³-hybridized carbons (Fsp3) is 0. The fourth-order valence-corrected chi connectivity index (χ4v) is 3.10. The number of halogens is 3. The number of anilines is 1. The molecular formula is C10H6BrCl2N3O2S. The second-order valence-corrected chi connectivity index (χ2v) is 6.70. The fourth-order valence-electron chi connectivity index (χ4n) is 1.24. The summed E-state index contributed by atoms with van der Waals surface area (Å²) in [7, 11) is -3.79. The van der Waals surface area contributed by atoms with Gasteiger partial charge in [-0.25, -0.2) is 18.4 Å². The van der Waals surface area contributed by atoms with Crippen molar-refractivity contribution in [2.24, 2.45) is 0 Å². The number of rotatable bonds is 3. The quantitative estimate of drug-likeness (QED) is 0.826. The van der Waals surface area contributed by atoms with Gasteiger partial charge in [0.2, 0.25) is 0 Å². The van der Waals surface area contributed by atoms with E-state index < -0.39 is 10.0 Å². The molecule has 1 aromatic carbocycles. The highest BCUT2D eigenvalue weighted by atomic mass is 79.9. The zero-order valence-electron chi connectivity index (χ0n) is 9.14. The molecule has 2 aromatic rings. The molecule has 0 saturated heterocycles. The lowest BCUT2D eigenvalue weighted by Gasteiger charge is -2.09. The van der Waals surface area contributed by atoms with Gasteiger partial charge in [0.1, 0.15) is 12.0 Å². The molecule has 1 heterocycles. The third-order valence-corrected chi connectivity index (χ3v) is 4.58. The second-order valence-electron chi connectivity index (χ2n) is 3.39. The van der Waals surface area contributed by atoms with E-state index in [-0.39, 0.29) is 20.9 Å². The van der Waals surface area contributed by atoms with Crippen molar-refractivity contribution in [3.05, 3.63) is 45.4 Å². The predicted molar refractivity (Wildman–Crippen MR) is 77.0 cm³/mol. The van der Waals surface area contributed by atoms with Gasteiger partial charge in [-0.3, -0.25) is 4.72 Å². The summed E-state index contributed by atoms with van der Waals surface area (Å²) in [5.74, 6) is 0. The molecule has 1 N–H and O–H groups in total. The van der Waals surface area contributed by atoms with Gasteiger partial charge >= 0.3 is 0 Å². The molecule has 0 aliphatic rings. The molecule has 0 unspecified atom stereocenters. The molecule has 0 fully saturated rings. The van der Waals surface area contributed by atoms with E-state index in [9.17, 15) is 8.42 Å². The Bertz CT molecular complexity index is 687. The second kappa shape index (κ2) is 5.62.